The molecule has 0 aromatic heterocycles. The Morgan fingerprint density at radius 1 is 1.43 bits per heavy atom. The molecule has 0 fully saturated rings. The van der Waals surface area contributed by atoms with Crippen molar-refractivity contribution in [3.05, 3.63) is 29.1 Å². The van der Waals surface area contributed by atoms with Crippen LogP contribution in [-0.2, 0) is 0 Å². The van der Waals surface area contributed by atoms with E-state index in [1.807, 2.05) is 0 Å². The molecule has 1 atom stereocenters. The first-order valence-corrected chi connectivity index (χ1v) is 4.13. The molecule has 1 aliphatic rings. The molecule has 0 saturated heterocycles. The molecule has 74 valence electrons. The minimum Gasteiger partial charge on any atom is -0.356 e. The zero-order chi connectivity index (χ0) is 10.3. The molecule has 5 heteroatoms. The molecule has 2 rings (SSSR count). The van der Waals surface area contributed by atoms with E-state index in [4.69, 9.17) is 5.11 Å². The van der Waals surface area contributed by atoms with Crippen LogP contribution in [0.15, 0.2) is 12.1 Å². The van der Waals surface area contributed by atoms with Crippen LogP contribution in [0, 0.1) is 12.7 Å². The minimum absolute atomic E-state index is 0.207. The maximum absolute atomic E-state index is 13.1. The molecule has 1 heterocycles. The van der Waals surface area contributed by atoms with Crippen LogP contribution in [0.4, 0.5) is 10.1 Å². The van der Waals surface area contributed by atoms with Crippen molar-refractivity contribution in [1.29, 1.82) is 0 Å². The monoisotopic (exact) mass is 196 g/mol. The van der Waals surface area contributed by atoms with Gasteiger partial charge in [-0.1, -0.05) is 0 Å². The number of halogens is 1. The summed E-state index contributed by atoms with van der Waals surface area (Å²) in [4.78, 5) is 11.3. The molecular formula is C9H9FN2O2. The molecule has 4 nitrogen and oxygen atoms in total. The number of anilines is 1. The van der Waals surface area contributed by atoms with Crippen LogP contribution in [0.3, 0.4) is 0 Å². The van der Waals surface area contributed by atoms with Gasteiger partial charge in [0, 0.05) is 0 Å². The topological polar surface area (TPSA) is 61.4 Å². The van der Waals surface area contributed by atoms with E-state index in [2.05, 4.69) is 10.6 Å². The van der Waals surface area contributed by atoms with Crippen LogP contribution in [0.1, 0.15) is 15.9 Å². The van der Waals surface area contributed by atoms with Crippen LogP contribution >= 0.6 is 0 Å². The fourth-order valence-electron chi connectivity index (χ4n) is 1.37. The van der Waals surface area contributed by atoms with Crippen molar-refractivity contribution in [3.63, 3.8) is 0 Å². The molecule has 1 aliphatic heterocycles. The Labute approximate surface area is 79.7 Å². The molecule has 1 aromatic rings. The van der Waals surface area contributed by atoms with Crippen molar-refractivity contribution in [2.24, 2.45) is 0 Å². The number of hydrogen-bond donors (Lipinski definition) is 3. The first-order chi connectivity index (χ1) is 6.58. The molecule has 1 aromatic carbocycles. The number of amides is 1. The number of rotatable bonds is 0. The smallest absolute Gasteiger partial charge is 0.256 e. The fraction of sp³-hybridized carbons (Fsp3) is 0.222. The molecule has 0 bridgehead atoms. The molecule has 14 heavy (non-hydrogen) atoms. The van der Waals surface area contributed by atoms with Gasteiger partial charge in [-0.15, -0.1) is 0 Å². The Kier molecular flexibility index (Phi) is 1.89. The molecule has 3 N–H and O–H groups in total. The number of benzene rings is 1. The highest BCUT2D eigenvalue weighted by molar-refractivity contribution is 6.01. The molecule has 0 radical (unpaired) electrons. The van der Waals surface area contributed by atoms with Gasteiger partial charge in [0.15, 0.2) is 0 Å². The van der Waals surface area contributed by atoms with Gasteiger partial charge in [-0.25, -0.2) is 4.39 Å². The fourth-order valence-corrected chi connectivity index (χ4v) is 1.37. The standard InChI is InChI=1S/C9H9FN2O2/c1-4-2-7-5(3-6(4)10)8(13)12-9(14)11-7/h2-3,9,11,14H,1H3,(H,12,13). The second-order valence-electron chi connectivity index (χ2n) is 3.17. The molecular weight excluding hydrogens is 187 g/mol. The summed E-state index contributed by atoms with van der Waals surface area (Å²) in [5.74, 6) is -0.915. The van der Waals surface area contributed by atoms with Crippen molar-refractivity contribution in [2.75, 3.05) is 5.32 Å². The maximum Gasteiger partial charge on any atom is 0.256 e. The number of aryl methyl sites for hydroxylation is 1. The average molecular weight is 196 g/mol. The van der Waals surface area contributed by atoms with Crippen LogP contribution in [0.2, 0.25) is 0 Å². The quantitative estimate of drug-likeness (QED) is 0.568. The summed E-state index contributed by atoms with van der Waals surface area (Å²) in [6.07, 6.45) is -1.11. The van der Waals surface area contributed by atoms with Gasteiger partial charge >= 0.3 is 0 Å². The van der Waals surface area contributed by atoms with Crippen LogP contribution in [-0.4, -0.2) is 17.4 Å². The van der Waals surface area contributed by atoms with Crippen molar-refractivity contribution in [3.8, 4) is 0 Å². The van der Waals surface area contributed by atoms with Crippen LogP contribution in [0.5, 0.6) is 0 Å². The third-order valence-electron chi connectivity index (χ3n) is 2.10. The Hall–Kier alpha value is -1.62. The lowest BCUT2D eigenvalue weighted by Crippen LogP contribution is -2.44. The van der Waals surface area contributed by atoms with Crippen molar-refractivity contribution < 1.29 is 14.3 Å². The maximum atomic E-state index is 13.1. The first kappa shape index (κ1) is 8.96. The average Bonchev–Trinajstić information content (AvgIpc) is 2.08. The summed E-state index contributed by atoms with van der Waals surface area (Å²) < 4.78 is 13.1. The normalized spacial score (nSPS) is 19.6. The molecule has 0 spiro atoms. The number of carbonyl (C=O) groups excluding carboxylic acids is 1. The Morgan fingerprint density at radius 3 is 2.86 bits per heavy atom. The van der Waals surface area contributed by atoms with Gasteiger partial charge in [0.25, 0.3) is 5.91 Å². The Bertz CT molecular complexity index is 406. The molecule has 1 amide bonds. The van der Waals surface area contributed by atoms with Gasteiger partial charge in [0.05, 0.1) is 11.3 Å². The first-order valence-electron chi connectivity index (χ1n) is 4.13. The van der Waals surface area contributed by atoms with Crippen molar-refractivity contribution >= 4 is 11.6 Å². The molecule has 1 unspecified atom stereocenters. The lowest BCUT2D eigenvalue weighted by Gasteiger charge is -2.24. The Balaban J connectivity index is 2.55. The zero-order valence-electron chi connectivity index (χ0n) is 7.47. The van der Waals surface area contributed by atoms with E-state index in [1.54, 1.807) is 6.92 Å². The van der Waals surface area contributed by atoms with E-state index < -0.39 is 18.1 Å². The van der Waals surface area contributed by atoms with Gasteiger partial charge in [0.1, 0.15) is 5.82 Å². The summed E-state index contributed by atoms with van der Waals surface area (Å²) in [6.45, 7) is 1.59. The van der Waals surface area contributed by atoms with E-state index >= 15 is 0 Å². The van der Waals surface area contributed by atoms with Crippen LogP contribution < -0.4 is 10.6 Å². The van der Waals surface area contributed by atoms with Crippen molar-refractivity contribution in [2.45, 2.75) is 13.3 Å². The zero-order valence-corrected chi connectivity index (χ0v) is 7.47. The third-order valence-corrected chi connectivity index (χ3v) is 2.10. The largest absolute Gasteiger partial charge is 0.356 e. The highest BCUT2D eigenvalue weighted by atomic mass is 19.1. The Morgan fingerprint density at radius 2 is 2.14 bits per heavy atom. The summed E-state index contributed by atoms with van der Waals surface area (Å²) >= 11 is 0. The number of fused-ring (bicyclic) bond motifs is 1. The summed E-state index contributed by atoms with van der Waals surface area (Å²) in [7, 11) is 0. The molecule has 0 saturated carbocycles. The van der Waals surface area contributed by atoms with Gasteiger partial charge < -0.3 is 15.7 Å². The number of carbonyl (C=O) groups is 1. The number of hydrogen-bond acceptors (Lipinski definition) is 3. The van der Waals surface area contributed by atoms with E-state index in [-0.39, 0.29) is 5.56 Å². The lowest BCUT2D eigenvalue weighted by molar-refractivity contribution is 0.0813. The van der Waals surface area contributed by atoms with Crippen LogP contribution in [0.25, 0.3) is 0 Å². The second-order valence-corrected chi connectivity index (χ2v) is 3.17. The van der Waals surface area contributed by atoms with Crippen molar-refractivity contribution in [1.82, 2.24) is 5.32 Å². The van der Waals surface area contributed by atoms with Gasteiger partial charge in [-0.3, -0.25) is 4.79 Å². The SMILES string of the molecule is Cc1cc2c(cc1F)C(=O)NC(O)N2. The third kappa shape index (κ3) is 1.31. The number of nitrogens with one attached hydrogen (secondary N) is 2. The highest BCUT2D eigenvalue weighted by Crippen LogP contribution is 2.23. The predicted molar refractivity (Wildman–Crippen MR) is 48.2 cm³/mol. The summed E-state index contributed by atoms with van der Waals surface area (Å²) in [5.41, 5.74) is 1.08. The molecule has 0 aliphatic carbocycles. The van der Waals surface area contributed by atoms with E-state index in [0.29, 0.717) is 11.3 Å². The second kappa shape index (κ2) is 2.95. The predicted octanol–water partition coefficient (Wildman–Crippen LogP) is 0.565. The van der Waals surface area contributed by atoms with E-state index in [0.717, 1.165) is 6.07 Å². The van der Waals surface area contributed by atoms with Gasteiger partial charge in [-0.2, -0.15) is 0 Å². The minimum atomic E-state index is -1.11. The number of aliphatic hydroxyl groups excluding tert-OH is 1. The lowest BCUT2D eigenvalue weighted by atomic mass is 10.1. The van der Waals surface area contributed by atoms with E-state index in [1.165, 1.54) is 6.07 Å². The number of aliphatic hydroxyl groups is 1. The van der Waals surface area contributed by atoms with Gasteiger partial charge in [0.2, 0.25) is 6.35 Å². The summed E-state index contributed by atoms with van der Waals surface area (Å²) in [5, 5.41) is 14.0. The highest BCUT2D eigenvalue weighted by Gasteiger charge is 2.22. The van der Waals surface area contributed by atoms with E-state index in [9.17, 15) is 9.18 Å². The summed E-state index contributed by atoms with van der Waals surface area (Å²) in [6, 6.07) is 2.64. The van der Waals surface area contributed by atoms with Gasteiger partial charge in [-0.05, 0) is 24.6 Å².